The van der Waals surface area contributed by atoms with E-state index in [0.29, 0.717) is 22.6 Å². The van der Waals surface area contributed by atoms with E-state index in [2.05, 4.69) is 25.6 Å². The fourth-order valence-corrected chi connectivity index (χ4v) is 3.84. The lowest BCUT2D eigenvalue weighted by atomic mass is 9.83. The van der Waals surface area contributed by atoms with Crippen molar-refractivity contribution in [2.45, 2.75) is 12.0 Å². The van der Waals surface area contributed by atoms with E-state index in [9.17, 15) is 13.6 Å². The Bertz CT molecular complexity index is 1260. The maximum Gasteiger partial charge on any atom is 0.272 e. The quantitative estimate of drug-likeness (QED) is 0.559. The lowest BCUT2D eigenvalue weighted by Gasteiger charge is -2.33. The molecule has 3 heterocycles. The maximum absolute atomic E-state index is 14.1. The molecule has 4 aromatic rings. The zero-order valence-electron chi connectivity index (χ0n) is 14.6. The Labute approximate surface area is 157 Å². The number of H-pyrrole nitrogens is 1. The summed E-state index contributed by atoms with van der Waals surface area (Å²) in [6.45, 7) is 0. The van der Waals surface area contributed by atoms with E-state index in [0.717, 1.165) is 5.56 Å². The number of hydrogen-bond acceptors (Lipinski definition) is 5. The van der Waals surface area contributed by atoms with Gasteiger partial charge >= 0.3 is 0 Å². The number of rotatable bonds is 2. The average Bonchev–Trinajstić information content (AvgIpc) is 3.10. The summed E-state index contributed by atoms with van der Waals surface area (Å²) in [6.07, 6.45) is 1.43. The monoisotopic (exact) mass is 379 g/mol. The fraction of sp³-hybridized carbons (Fsp3) is 0.158. The van der Waals surface area contributed by atoms with Gasteiger partial charge in [-0.2, -0.15) is 10.2 Å². The SMILES string of the molecule is Cn1ncnc1[C@H]1c2n[nH]c(=O)c3cc(F)cc(c23)N[C@@H]1c1ccc([18F])cc1. The van der Waals surface area contributed by atoms with Gasteiger partial charge in [0.25, 0.3) is 5.56 Å². The van der Waals surface area contributed by atoms with Crippen molar-refractivity contribution >= 4 is 16.5 Å². The summed E-state index contributed by atoms with van der Waals surface area (Å²) < 4.78 is 29.2. The highest BCUT2D eigenvalue weighted by molar-refractivity contribution is 5.97. The first kappa shape index (κ1) is 16.5. The molecular weight excluding hydrogens is 365 g/mol. The molecule has 1 aliphatic heterocycles. The number of aromatic amines is 1. The summed E-state index contributed by atoms with van der Waals surface area (Å²) in [5, 5.41) is 14.9. The largest absolute Gasteiger partial charge is 0.376 e. The van der Waals surface area contributed by atoms with Gasteiger partial charge < -0.3 is 5.32 Å². The standard InChI is InChI=1S/C19H14F2N6O/c1-27-18(22-8-23-27)15-16(9-2-4-10(20)5-3-9)24-13-7-11(21)6-12-14(13)17(15)25-26-19(12)28/h2-8,15-16,24H,1H3,(H,26,28)/t15-,16-/m1/s1/i20-1. The van der Waals surface area contributed by atoms with Crippen LogP contribution < -0.4 is 10.9 Å². The van der Waals surface area contributed by atoms with Gasteiger partial charge in [0.05, 0.1) is 23.0 Å². The van der Waals surface area contributed by atoms with Gasteiger partial charge in [0.2, 0.25) is 0 Å². The Kier molecular flexibility index (Phi) is 3.51. The molecule has 0 saturated carbocycles. The molecular formula is C19H14F2N6O. The summed E-state index contributed by atoms with van der Waals surface area (Å²) in [5.41, 5.74) is 1.30. The molecule has 9 heteroatoms. The van der Waals surface area contributed by atoms with Crippen LogP contribution in [0.1, 0.15) is 29.0 Å². The summed E-state index contributed by atoms with van der Waals surface area (Å²) in [6, 6.07) is 8.14. The van der Waals surface area contributed by atoms with E-state index < -0.39 is 23.3 Å². The fourth-order valence-electron chi connectivity index (χ4n) is 3.84. The second kappa shape index (κ2) is 5.95. The van der Waals surface area contributed by atoms with E-state index >= 15 is 0 Å². The van der Waals surface area contributed by atoms with Crippen LogP contribution in [-0.4, -0.2) is 25.0 Å². The normalized spacial score (nSPS) is 18.2. The molecule has 0 bridgehead atoms. The first-order valence-electron chi connectivity index (χ1n) is 8.60. The number of aryl methyl sites for hydroxylation is 1. The lowest BCUT2D eigenvalue weighted by molar-refractivity contribution is 0.562. The predicted octanol–water partition coefficient (Wildman–Crippen LogP) is 2.63. The van der Waals surface area contributed by atoms with Crippen molar-refractivity contribution in [2.75, 3.05) is 5.32 Å². The summed E-state index contributed by atoms with van der Waals surface area (Å²) >= 11 is 0. The third kappa shape index (κ3) is 2.39. The topological polar surface area (TPSA) is 88.5 Å². The third-order valence-electron chi connectivity index (χ3n) is 5.07. The Morgan fingerprint density at radius 3 is 2.61 bits per heavy atom. The Hall–Kier alpha value is -3.62. The van der Waals surface area contributed by atoms with Gasteiger partial charge in [-0.25, -0.2) is 18.9 Å². The molecule has 0 fully saturated rings. The van der Waals surface area contributed by atoms with E-state index in [1.807, 2.05) is 0 Å². The number of anilines is 1. The highest BCUT2D eigenvalue weighted by Crippen LogP contribution is 2.45. The van der Waals surface area contributed by atoms with Gasteiger partial charge in [0, 0.05) is 18.1 Å². The molecule has 0 radical (unpaired) electrons. The van der Waals surface area contributed by atoms with Crippen molar-refractivity contribution in [1.82, 2.24) is 25.0 Å². The zero-order valence-corrected chi connectivity index (χ0v) is 14.6. The average molecular weight is 379 g/mol. The van der Waals surface area contributed by atoms with Crippen LogP contribution >= 0.6 is 0 Å². The second-order valence-corrected chi connectivity index (χ2v) is 6.71. The van der Waals surface area contributed by atoms with E-state index in [1.165, 1.54) is 30.6 Å². The molecule has 2 N–H and O–H groups in total. The van der Waals surface area contributed by atoms with E-state index in [1.54, 1.807) is 23.9 Å². The van der Waals surface area contributed by atoms with Crippen LogP contribution in [0.25, 0.3) is 10.8 Å². The predicted molar refractivity (Wildman–Crippen MR) is 97.9 cm³/mol. The molecule has 140 valence electrons. The molecule has 2 aromatic heterocycles. The van der Waals surface area contributed by atoms with Crippen molar-refractivity contribution < 1.29 is 8.78 Å². The smallest absolute Gasteiger partial charge is 0.272 e. The van der Waals surface area contributed by atoms with Crippen LogP contribution in [0.3, 0.4) is 0 Å². The van der Waals surface area contributed by atoms with Crippen LogP contribution in [0, 0.1) is 11.6 Å². The number of hydrogen-bond donors (Lipinski definition) is 2. The van der Waals surface area contributed by atoms with Gasteiger partial charge in [0.15, 0.2) is 0 Å². The van der Waals surface area contributed by atoms with Crippen molar-refractivity contribution in [3.63, 3.8) is 0 Å². The number of aromatic nitrogens is 5. The van der Waals surface area contributed by atoms with Crippen LogP contribution in [0.4, 0.5) is 14.5 Å². The van der Waals surface area contributed by atoms with Gasteiger partial charge in [-0.15, -0.1) is 0 Å². The molecule has 0 unspecified atom stereocenters. The molecule has 2 atom stereocenters. The molecule has 5 rings (SSSR count). The summed E-state index contributed by atoms with van der Waals surface area (Å²) in [7, 11) is 1.76. The highest BCUT2D eigenvalue weighted by Gasteiger charge is 2.37. The Morgan fingerprint density at radius 2 is 1.89 bits per heavy atom. The lowest BCUT2D eigenvalue weighted by Crippen LogP contribution is -2.30. The maximum atomic E-state index is 14.1. The summed E-state index contributed by atoms with van der Waals surface area (Å²) in [4.78, 5) is 16.6. The molecule has 28 heavy (non-hydrogen) atoms. The molecule has 0 aliphatic carbocycles. The van der Waals surface area contributed by atoms with Crippen molar-refractivity contribution in [3.05, 3.63) is 81.8 Å². The number of nitrogens with one attached hydrogen (secondary N) is 2. The number of benzene rings is 2. The molecule has 0 saturated heterocycles. The third-order valence-corrected chi connectivity index (χ3v) is 5.07. The minimum absolute atomic E-state index is 0.206. The van der Waals surface area contributed by atoms with Crippen molar-refractivity contribution in [1.29, 1.82) is 0 Å². The van der Waals surface area contributed by atoms with Gasteiger partial charge in [-0.3, -0.25) is 9.48 Å². The van der Waals surface area contributed by atoms with Crippen LogP contribution in [0.5, 0.6) is 0 Å². The summed E-state index contributed by atoms with van der Waals surface area (Å²) in [5.74, 6) is -0.716. The Morgan fingerprint density at radius 1 is 1.11 bits per heavy atom. The molecule has 0 spiro atoms. The molecule has 1 aliphatic rings. The van der Waals surface area contributed by atoms with Crippen LogP contribution in [0.15, 0.2) is 47.5 Å². The Balaban J connectivity index is 1.82. The number of halogens is 2. The minimum atomic E-state index is -0.535. The zero-order chi connectivity index (χ0) is 19.4. The first-order valence-corrected chi connectivity index (χ1v) is 8.60. The van der Waals surface area contributed by atoms with Crippen molar-refractivity contribution in [2.24, 2.45) is 7.05 Å². The number of nitrogens with zero attached hydrogens (tertiary/aromatic N) is 4. The molecule has 2 aromatic carbocycles. The van der Waals surface area contributed by atoms with E-state index in [4.69, 9.17) is 0 Å². The van der Waals surface area contributed by atoms with Gasteiger partial charge in [0.1, 0.15) is 23.8 Å². The van der Waals surface area contributed by atoms with Gasteiger partial charge in [-0.1, -0.05) is 12.1 Å². The second-order valence-electron chi connectivity index (χ2n) is 6.71. The van der Waals surface area contributed by atoms with Crippen LogP contribution in [-0.2, 0) is 7.05 Å². The molecule has 7 nitrogen and oxygen atoms in total. The van der Waals surface area contributed by atoms with Gasteiger partial charge in [-0.05, 0) is 29.8 Å². The first-order chi connectivity index (χ1) is 13.5. The highest BCUT2D eigenvalue weighted by atomic mass is 19.1. The van der Waals surface area contributed by atoms with E-state index in [-0.39, 0.29) is 11.2 Å². The van der Waals surface area contributed by atoms with Crippen molar-refractivity contribution in [3.8, 4) is 0 Å². The molecule has 0 amide bonds. The minimum Gasteiger partial charge on any atom is -0.376 e. The van der Waals surface area contributed by atoms with Crippen LogP contribution in [0.2, 0.25) is 0 Å².